The number of hydrogen-bond acceptors (Lipinski definition) is 17. The van der Waals surface area contributed by atoms with E-state index in [0.717, 1.165) is 0 Å². The van der Waals surface area contributed by atoms with Gasteiger partial charge >= 0.3 is 5.69 Å². The first-order chi connectivity index (χ1) is 21.5. The maximum atomic E-state index is 11.4. The van der Waals surface area contributed by atoms with E-state index >= 15 is 0 Å². The van der Waals surface area contributed by atoms with Gasteiger partial charge in [0.15, 0.2) is 17.4 Å². The number of aryl methyl sites for hydroxylation is 2. The second kappa shape index (κ2) is 12.5. The van der Waals surface area contributed by atoms with Crippen LogP contribution in [-0.2, 0) is 18.9 Å². The number of nitro groups is 1. The number of nitrogens with one attached hydrogen (secondary N) is 2. The van der Waals surface area contributed by atoms with E-state index in [4.69, 9.17) is 34.2 Å². The second-order valence-electron chi connectivity index (χ2n) is 12.5. The van der Waals surface area contributed by atoms with Crippen LogP contribution in [0.4, 0.5) is 23.0 Å². The summed E-state index contributed by atoms with van der Waals surface area (Å²) in [4.78, 5) is 27.3. The van der Waals surface area contributed by atoms with Gasteiger partial charge in [0.25, 0.3) is 5.88 Å². The van der Waals surface area contributed by atoms with E-state index in [-0.39, 0.29) is 41.7 Å². The molecule has 2 aliphatic heterocycles. The molecule has 6 N–H and O–H groups in total. The molecular formula is C28H42N8O10. The van der Waals surface area contributed by atoms with Gasteiger partial charge in [0, 0.05) is 0 Å². The fourth-order valence-electron chi connectivity index (χ4n) is 6.31. The zero-order chi connectivity index (χ0) is 33.7. The highest BCUT2D eigenvalue weighted by molar-refractivity contribution is 5.67. The third-order valence-corrected chi connectivity index (χ3v) is 8.07. The fourth-order valence-corrected chi connectivity index (χ4v) is 6.31. The average Bonchev–Trinajstić information content (AvgIpc) is 3.64. The molecule has 0 spiro atoms. The lowest BCUT2D eigenvalue weighted by Crippen LogP contribution is -2.35. The van der Waals surface area contributed by atoms with Crippen LogP contribution in [0.1, 0.15) is 52.2 Å². The molecule has 4 aliphatic rings. The Balaban J connectivity index is 0.000000182. The maximum absolute atomic E-state index is 11.4. The summed E-state index contributed by atoms with van der Waals surface area (Å²) in [6.45, 7) is 10.6. The molecule has 6 rings (SSSR count). The number of aliphatic hydroxyl groups excluding tert-OH is 2. The van der Waals surface area contributed by atoms with Gasteiger partial charge in [0.1, 0.15) is 41.8 Å². The van der Waals surface area contributed by atoms with Crippen LogP contribution in [0, 0.1) is 24.0 Å². The van der Waals surface area contributed by atoms with Crippen LogP contribution in [-0.4, -0.2) is 110 Å². The quantitative estimate of drug-likeness (QED) is 0.209. The van der Waals surface area contributed by atoms with Crippen molar-refractivity contribution in [3.8, 4) is 11.8 Å². The van der Waals surface area contributed by atoms with Crippen LogP contribution in [0.2, 0.25) is 0 Å². The molecule has 0 amide bonds. The third-order valence-electron chi connectivity index (χ3n) is 8.07. The van der Waals surface area contributed by atoms with Gasteiger partial charge in [-0.2, -0.15) is 9.97 Å². The molecule has 254 valence electrons. The van der Waals surface area contributed by atoms with Crippen molar-refractivity contribution in [3.05, 3.63) is 21.8 Å². The first-order valence-corrected chi connectivity index (χ1v) is 14.9. The summed E-state index contributed by atoms with van der Waals surface area (Å²) in [7, 11) is 2.82. The molecule has 2 aliphatic carbocycles. The molecule has 0 aromatic carbocycles. The number of nitrogen functional groups attached to an aromatic ring is 1. The van der Waals surface area contributed by atoms with Gasteiger partial charge < -0.3 is 55.0 Å². The first-order valence-electron chi connectivity index (χ1n) is 14.9. The number of hydrogen-bond donors (Lipinski definition) is 5. The summed E-state index contributed by atoms with van der Waals surface area (Å²) in [6, 6.07) is -0.535. The van der Waals surface area contributed by atoms with Crippen molar-refractivity contribution < 1.29 is 43.6 Å². The van der Waals surface area contributed by atoms with Crippen molar-refractivity contribution in [3.63, 3.8) is 0 Å². The number of nitrogens with zero attached hydrogens (tertiary/aromatic N) is 5. The molecule has 2 aromatic heterocycles. The summed E-state index contributed by atoms with van der Waals surface area (Å²) in [6.07, 6.45) is -2.01. The van der Waals surface area contributed by atoms with Gasteiger partial charge in [-0.15, -0.1) is 0 Å². The average molecular weight is 651 g/mol. The van der Waals surface area contributed by atoms with Crippen LogP contribution in [0.15, 0.2) is 0 Å². The van der Waals surface area contributed by atoms with E-state index in [1.54, 1.807) is 27.7 Å². The molecule has 18 nitrogen and oxygen atoms in total. The SMILES string of the molecule is COc1nc(C)nc(N[C@@H]2C[C@H](O)[C@H]3OC(C)(C)O[C@H]32)c1N.COc1nc(C)nc(N[C@@H]2C[C@H](O)[C@H]3OC(C)(C)O[C@H]32)c1[N+](=O)[O-]. The number of aliphatic hydroxyl groups is 2. The highest BCUT2D eigenvalue weighted by Crippen LogP contribution is 2.42. The highest BCUT2D eigenvalue weighted by atomic mass is 16.8. The van der Waals surface area contributed by atoms with Crippen molar-refractivity contribution >= 4 is 23.0 Å². The van der Waals surface area contributed by atoms with Crippen LogP contribution >= 0.6 is 0 Å². The van der Waals surface area contributed by atoms with E-state index in [0.29, 0.717) is 41.9 Å². The zero-order valence-electron chi connectivity index (χ0n) is 27.0. The van der Waals surface area contributed by atoms with Gasteiger partial charge in [-0.1, -0.05) is 0 Å². The minimum Gasteiger partial charge on any atom is -0.479 e. The van der Waals surface area contributed by atoms with E-state index < -0.39 is 40.9 Å². The first kappa shape index (κ1) is 33.7. The van der Waals surface area contributed by atoms with Crippen LogP contribution in [0.5, 0.6) is 11.8 Å². The molecule has 4 fully saturated rings. The summed E-state index contributed by atoms with van der Waals surface area (Å²) >= 11 is 0. The Morgan fingerprint density at radius 3 is 1.65 bits per heavy atom. The van der Waals surface area contributed by atoms with Crippen LogP contribution in [0.25, 0.3) is 0 Å². The molecule has 2 saturated carbocycles. The van der Waals surface area contributed by atoms with Crippen molar-refractivity contribution in [1.82, 2.24) is 19.9 Å². The Morgan fingerprint density at radius 1 is 0.783 bits per heavy atom. The number of rotatable bonds is 7. The number of anilines is 3. The van der Waals surface area contributed by atoms with Gasteiger partial charge in [-0.25, -0.2) is 9.97 Å². The second-order valence-corrected chi connectivity index (χ2v) is 12.5. The zero-order valence-corrected chi connectivity index (χ0v) is 27.0. The van der Waals surface area contributed by atoms with Crippen molar-refractivity contribution in [2.75, 3.05) is 30.6 Å². The molecule has 0 radical (unpaired) electrons. The predicted molar refractivity (Wildman–Crippen MR) is 161 cm³/mol. The Morgan fingerprint density at radius 2 is 1.20 bits per heavy atom. The van der Waals surface area contributed by atoms with E-state index in [9.17, 15) is 20.3 Å². The number of fused-ring (bicyclic) bond motifs is 2. The molecule has 4 heterocycles. The van der Waals surface area contributed by atoms with Gasteiger partial charge in [-0.05, 0) is 54.4 Å². The Bertz CT molecular complexity index is 1460. The lowest BCUT2D eigenvalue weighted by atomic mass is 10.2. The minimum absolute atomic E-state index is 0.0375. The molecular weight excluding hydrogens is 608 g/mol. The molecule has 46 heavy (non-hydrogen) atoms. The topological polar surface area (TPSA) is 241 Å². The maximum Gasteiger partial charge on any atom is 0.372 e. The highest BCUT2D eigenvalue weighted by Gasteiger charge is 2.55. The van der Waals surface area contributed by atoms with Crippen LogP contribution in [0.3, 0.4) is 0 Å². The predicted octanol–water partition coefficient (Wildman–Crippen LogP) is 1.21. The standard InChI is InChI=1S/C14H20N4O6.C14H22N4O4/c1-6-15-12(9(18(20)21)13(16-6)22-4)17-7-5-8(19)11-10(7)23-14(2,3)24-11;1-6-16-12(9(15)13(17-6)20-4)18-7-5-8(19)11-10(7)21-14(2,3)22-11/h7-8,10-11,19H,5H2,1-4H3,(H,15,16,17);7-8,10-11,19H,5,15H2,1-4H3,(H,16,17,18)/t2*7-,8+,10+,11-/m11/s1. The largest absolute Gasteiger partial charge is 0.479 e. The number of aromatic nitrogens is 4. The number of ether oxygens (including phenoxy) is 6. The minimum atomic E-state index is -0.818. The molecule has 0 unspecified atom stereocenters. The van der Waals surface area contributed by atoms with Gasteiger partial charge in [-0.3, -0.25) is 10.1 Å². The third kappa shape index (κ3) is 6.72. The Hall–Kier alpha value is -3.68. The fraction of sp³-hybridized carbons (Fsp3) is 0.714. The summed E-state index contributed by atoms with van der Waals surface area (Å²) in [5, 5.41) is 38.0. The van der Waals surface area contributed by atoms with E-state index in [1.807, 2.05) is 13.8 Å². The number of methoxy groups -OCH3 is 2. The number of nitrogens with two attached hydrogens (primary N) is 1. The summed E-state index contributed by atoms with van der Waals surface area (Å²) in [5.41, 5.74) is 6.01. The molecule has 2 aromatic rings. The van der Waals surface area contributed by atoms with Crippen molar-refractivity contribution in [2.45, 2.75) is 115 Å². The molecule has 8 atom stereocenters. The van der Waals surface area contributed by atoms with Gasteiger partial charge in [0.2, 0.25) is 11.7 Å². The monoisotopic (exact) mass is 650 g/mol. The normalized spacial score (nSPS) is 31.8. The smallest absolute Gasteiger partial charge is 0.372 e. The Kier molecular flexibility index (Phi) is 9.15. The Labute approximate surface area is 265 Å². The van der Waals surface area contributed by atoms with Crippen LogP contribution < -0.4 is 25.8 Å². The van der Waals surface area contributed by atoms with Crippen molar-refractivity contribution in [1.29, 1.82) is 0 Å². The van der Waals surface area contributed by atoms with Gasteiger partial charge in [0.05, 0.1) is 43.4 Å². The summed E-state index contributed by atoms with van der Waals surface area (Å²) in [5.74, 6) is 0.0872. The molecule has 0 bridgehead atoms. The van der Waals surface area contributed by atoms with E-state index in [1.165, 1.54) is 14.2 Å². The lowest BCUT2D eigenvalue weighted by Gasteiger charge is -2.24. The van der Waals surface area contributed by atoms with E-state index in [2.05, 4.69) is 30.6 Å². The van der Waals surface area contributed by atoms with Crippen molar-refractivity contribution in [2.24, 2.45) is 0 Å². The summed E-state index contributed by atoms with van der Waals surface area (Å²) < 4.78 is 33.3. The lowest BCUT2D eigenvalue weighted by molar-refractivity contribution is -0.385. The molecule has 2 saturated heterocycles. The molecule has 18 heteroatoms.